The van der Waals surface area contributed by atoms with Gasteiger partial charge in [-0.3, -0.25) is 5.10 Å². The minimum Gasteiger partial charge on any atom is -0.477 e. The van der Waals surface area contributed by atoms with Crippen molar-refractivity contribution in [1.82, 2.24) is 30.1 Å². The SMILES string of the molecule is CCOc1cc2c(Nc3cc(C4CCC(OC(=O)NC5(C)CC5)C4)[nH]n3)nccn2n1. The third kappa shape index (κ3) is 4.28. The predicted octanol–water partition coefficient (Wildman–Crippen LogP) is 3.51. The molecular weight excluding hydrogens is 398 g/mol. The molecule has 2 atom stereocenters. The van der Waals surface area contributed by atoms with Crippen LogP contribution in [0.15, 0.2) is 24.5 Å². The van der Waals surface area contributed by atoms with Gasteiger partial charge in [0.05, 0.1) is 6.61 Å². The van der Waals surface area contributed by atoms with Crippen molar-refractivity contribution in [3.8, 4) is 5.88 Å². The summed E-state index contributed by atoms with van der Waals surface area (Å²) in [6.45, 7) is 4.52. The Bertz CT molecular complexity index is 1090. The standard InChI is InChI=1S/C21H27N7O3/c1-3-30-18-12-16-19(22-8-9-28(16)27-18)23-17-11-15(25-26-17)13-4-5-14(10-13)31-20(29)24-21(2)6-7-21/h8-9,11-14H,3-7,10H2,1-2H3,(H,24,29)(H2,22,23,25,26). The monoisotopic (exact) mass is 425 g/mol. The van der Waals surface area contributed by atoms with E-state index in [9.17, 15) is 4.79 Å². The minimum atomic E-state index is -0.302. The highest BCUT2D eigenvalue weighted by Crippen LogP contribution is 2.37. The zero-order valence-electron chi connectivity index (χ0n) is 17.7. The number of amides is 1. The van der Waals surface area contributed by atoms with Crippen molar-refractivity contribution in [2.24, 2.45) is 0 Å². The third-order valence-electron chi connectivity index (χ3n) is 6.01. The van der Waals surface area contributed by atoms with Gasteiger partial charge in [-0.1, -0.05) is 0 Å². The number of alkyl carbamates (subject to hydrolysis) is 1. The lowest BCUT2D eigenvalue weighted by Gasteiger charge is -2.16. The van der Waals surface area contributed by atoms with Crippen molar-refractivity contribution in [3.05, 3.63) is 30.2 Å². The van der Waals surface area contributed by atoms with Crippen LogP contribution in [-0.2, 0) is 4.74 Å². The number of H-pyrrole nitrogens is 1. The first kappa shape index (κ1) is 19.7. The normalized spacial score (nSPS) is 21.7. The summed E-state index contributed by atoms with van der Waals surface area (Å²) in [6.07, 6.45) is 7.73. The van der Waals surface area contributed by atoms with Crippen molar-refractivity contribution < 1.29 is 14.3 Å². The smallest absolute Gasteiger partial charge is 0.407 e. The molecule has 0 saturated heterocycles. The fourth-order valence-corrected chi connectivity index (χ4v) is 4.01. The Kier molecular flexibility index (Phi) is 4.91. The van der Waals surface area contributed by atoms with E-state index >= 15 is 0 Å². The fourth-order valence-electron chi connectivity index (χ4n) is 4.01. The van der Waals surface area contributed by atoms with Gasteiger partial charge in [-0.25, -0.2) is 14.3 Å². The molecule has 2 unspecified atom stereocenters. The van der Waals surface area contributed by atoms with Gasteiger partial charge in [0.1, 0.15) is 11.6 Å². The Morgan fingerprint density at radius 2 is 2.23 bits per heavy atom. The molecule has 5 rings (SSSR count). The Hall–Kier alpha value is -3.30. The number of fused-ring (bicyclic) bond motifs is 1. The maximum Gasteiger partial charge on any atom is 0.407 e. The molecule has 2 fully saturated rings. The van der Waals surface area contributed by atoms with E-state index in [2.05, 4.69) is 30.9 Å². The first-order valence-corrected chi connectivity index (χ1v) is 10.8. The number of carbonyl (C=O) groups excluding carboxylic acids is 1. The zero-order chi connectivity index (χ0) is 21.4. The lowest BCUT2D eigenvalue weighted by atomic mass is 10.0. The molecule has 2 saturated carbocycles. The van der Waals surface area contributed by atoms with Crippen molar-refractivity contribution in [3.63, 3.8) is 0 Å². The molecule has 164 valence electrons. The largest absolute Gasteiger partial charge is 0.477 e. The van der Waals surface area contributed by atoms with E-state index < -0.39 is 0 Å². The van der Waals surface area contributed by atoms with Crippen LogP contribution in [0.5, 0.6) is 5.88 Å². The maximum absolute atomic E-state index is 12.1. The predicted molar refractivity (Wildman–Crippen MR) is 114 cm³/mol. The first-order valence-electron chi connectivity index (χ1n) is 10.8. The molecule has 0 spiro atoms. The van der Waals surface area contributed by atoms with Crippen LogP contribution in [0.2, 0.25) is 0 Å². The van der Waals surface area contributed by atoms with E-state index in [1.165, 1.54) is 0 Å². The van der Waals surface area contributed by atoms with Gasteiger partial charge in [-0.2, -0.15) is 5.10 Å². The second-order valence-corrected chi connectivity index (χ2v) is 8.58. The van der Waals surface area contributed by atoms with Crippen LogP contribution in [-0.4, -0.2) is 49.1 Å². The molecule has 0 aliphatic heterocycles. The highest BCUT2D eigenvalue weighted by molar-refractivity contribution is 5.73. The summed E-state index contributed by atoms with van der Waals surface area (Å²) in [6, 6.07) is 3.84. The van der Waals surface area contributed by atoms with Crippen molar-refractivity contribution in [2.75, 3.05) is 11.9 Å². The molecule has 1 amide bonds. The van der Waals surface area contributed by atoms with Crippen LogP contribution in [0.3, 0.4) is 0 Å². The third-order valence-corrected chi connectivity index (χ3v) is 6.01. The fraction of sp³-hybridized carbons (Fsp3) is 0.524. The van der Waals surface area contributed by atoms with E-state index in [0.717, 1.165) is 43.3 Å². The molecule has 3 aromatic heterocycles. The number of hydrogen-bond acceptors (Lipinski definition) is 7. The number of aromatic amines is 1. The molecule has 3 N–H and O–H groups in total. The van der Waals surface area contributed by atoms with E-state index in [-0.39, 0.29) is 23.7 Å². The summed E-state index contributed by atoms with van der Waals surface area (Å²) in [5.41, 5.74) is 1.77. The van der Waals surface area contributed by atoms with Gasteiger partial charge in [0.15, 0.2) is 11.6 Å². The summed E-state index contributed by atoms with van der Waals surface area (Å²) >= 11 is 0. The van der Waals surface area contributed by atoms with Crippen LogP contribution in [0, 0.1) is 0 Å². The Labute approximate surface area is 179 Å². The number of aromatic nitrogens is 5. The second kappa shape index (κ2) is 7.75. The molecule has 2 aliphatic rings. The summed E-state index contributed by atoms with van der Waals surface area (Å²) in [5, 5.41) is 18.1. The zero-order valence-corrected chi connectivity index (χ0v) is 17.7. The number of nitrogens with zero attached hydrogens (tertiary/aromatic N) is 4. The molecule has 0 radical (unpaired) electrons. The van der Waals surface area contributed by atoms with E-state index in [1.54, 1.807) is 16.9 Å². The van der Waals surface area contributed by atoms with Crippen molar-refractivity contribution in [1.29, 1.82) is 0 Å². The molecule has 0 aromatic carbocycles. The number of ether oxygens (including phenoxy) is 2. The summed E-state index contributed by atoms with van der Waals surface area (Å²) in [7, 11) is 0. The maximum atomic E-state index is 12.1. The van der Waals surface area contributed by atoms with Gasteiger partial charge in [-0.15, -0.1) is 5.10 Å². The first-order chi connectivity index (χ1) is 15.0. The molecule has 3 aromatic rings. The van der Waals surface area contributed by atoms with Crippen LogP contribution < -0.4 is 15.4 Å². The molecule has 0 bridgehead atoms. The Morgan fingerprint density at radius 1 is 1.35 bits per heavy atom. The topological polar surface area (TPSA) is 118 Å². The van der Waals surface area contributed by atoms with Gasteiger partial charge < -0.3 is 20.1 Å². The van der Waals surface area contributed by atoms with E-state index in [4.69, 9.17) is 9.47 Å². The van der Waals surface area contributed by atoms with Crippen LogP contribution in [0.1, 0.15) is 57.6 Å². The molecule has 10 nitrogen and oxygen atoms in total. The molecule has 3 heterocycles. The van der Waals surface area contributed by atoms with Crippen molar-refractivity contribution in [2.45, 2.75) is 63.5 Å². The van der Waals surface area contributed by atoms with E-state index in [0.29, 0.717) is 24.1 Å². The minimum absolute atomic E-state index is 0.0606. The molecular formula is C21H27N7O3. The van der Waals surface area contributed by atoms with Crippen LogP contribution >= 0.6 is 0 Å². The second-order valence-electron chi connectivity index (χ2n) is 8.58. The molecule has 31 heavy (non-hydrogen) atoms. The van der Waals surface area contributed by atoms with Crippen LogP contribution in [0.4, 0.5) is 16.4 Å². The van der Waals surface area contributed by atoms with Gasteiger partial charge in [0.2, 0.25) is 5.88 Å². The lowest BCUT2D eigenvalue weighted by Crippen LogP contribution is -2.36. The quantitative estimate of drug-likeness (QED) is 0.530. The Balaban J connectivity index is 1.22. The summed E-state index contributed by atoms with van der Waals surface area (Å²) in [4.78, 5) is 16.5. The number of anilines is 2. The lowest BCUT2D eigenvalue weighted by molar-refractivity contribution is 0.0967. The summed E-state index contributed by atoms with van der Waals surface area (Å²) < 4.78 is 12.8. The summed E-state index contributed by atoms with van der Waals surface area (Å²) in [5.74, 6) is 2.16. The number of rotatable bonds is 7. The highest BCUT2D eigenvalue weighted by Gasteiger charge is 2.40. The highest BCUT2D eigenvalue weighted by atomic mass is 16.6. The van der Waals surface area contributed by atoms with Gasteiger partial charge >= 0.3 is 6.09 Å². The molecule has 10 heteroatoms. The van der Waals surface area contributed by atoms with Crippen molar-refractivity contribution >= 4 is 23.2 Å². The average Bonchev–Trinajstić information content (AvgIpc) is 3.16. The number of hydrogen-bond donors (Lipinski definition) is 3. The van der Waals surface area contributed by atoms with Crippen LogP contribution in [0.25, 0.3) is 5.52 Å². The number of nitrogens with one attached hydrogen (secondary N) is 3. The van der Waals surface area contributed by atoms with E-state index in [1.807, 2.05) is 26.0 Å². The van der Waals surface area contributed by atoms with Gasteiger partial charge in [-0.05, 0) is 46.0 Å². The molecule has 2 aliphatic carbocycles. The average molecular weight is 425 g/mol. The van der Waals surface area contributed by atoms with Gasteiger partial charge in [0, 0.05) is 41.7 Å². The number of carbonyl (C=O) groups is 1. The van der Waals surface area contributed by atoms with Gasteiger partial charge in [0.25, 0.3) is 0 Å². The Morgan fingerprint density at radius 3 is 3.03 bits per heavy atom.